The highest BCUT2D eigenvalue weighted by Crippen LogP contribution is 2.27. The number of amides is 1. The van der Waals surface area contributed by atoms with E-state index in [0.717, 1.165) is 63.6 Å². The standard InChI is InChI=1S/C22H34N4O2/c1-3-23-22(24-14-12-17-8-10-20(28-2)11-9-17)25-19-13-15-26(16-19)21(27)18-6-4-5-7-18/h8-11,18-19H,3-7,12-16H2,1-2H3,(H2,23,24,25). The minimum atomic E-state index is 0.269. The first-order valence-electron chi connectivity index (χ1n) is 10.7. The zero-order chi connectivity index (χ0) is 19.8. The molecule has 1 saturated heterocycles. The number of benzene rings is 1. The van der Waals surface area contributed by atoms with E-state index in [1.165, 1.54) is 18.4 Å². The van der Waals surface area contributed by atoms with E-state index < -0.39 is 0 Å². The van der Waals surface area contributed by atoms with Gasteiger partial charge in [0.15, 0.2) is 5.96 Å². The van der Waals surface area contributed by atoms with Crippen LogP contribution in [0.25, 0.3) is 0 Å². The number of guanidine groups is 1. The van der Waals surface area contributed by atoms with Crippen LogP contribution < -0.4 is 15.4 Å². The van der Waals surface area contributed by atoms with E-state index in [4.69, 9.17) is 9.73 Å². The summed E-state index contributed by atoms with van der Waals surface area (Å²) in [5, 5.41) is 6.85. The molecule has 1 heterocycles. The van der Waals surface area contributed by atoms with Crippen LogP contribution in [0.15, 0.2) is 29.3 Å². The third-order valence-electron chi connectivity index (χ3n) is 5.72. The van der Waals surface area contributed by atoms with E-state index >= 15 is 0 Å². The first-order chi connectivity index (χ1) is 13.7. The topological polar surface area (TPSA) is 66.0 Å². The average molecular weight is 387 g/mol. The molecule has 1 aliphatic carbocycles. The van der Waals surface area contributed by atoms with Crippen LogP contribution in [-0.2, 0) is 11.2 Å². The van der Waals surface area contributed by atoms with Gasteiger partial charge in [0.1, 0.15) is 5.75 Å². The van der Waals surface area contributed by atoms with Crippen LogP contribution in [-0.4, -0.2) is 56.1 Å². The lowest BCUT2D eigenvalue weighted by Crippen LogP contribution is -2.45. The molecule has 1 aromatic carbocycles. The second kappa shape index (κ2) is 10.3. The summed E-state index contributed by atoms with van der Waals surface area (Å²) in [6.45, 7) is 5.27. The maximum absolute atomic E-state index is 12.6. The van der Waals surface area contributed by atoms with Crippen molar-refractivity contribution in [3.63, 3.8) is 0 Å². The van der Waals surface area contributed by atoms with Gasteiger partial charge in [-0.05, 0) is 50.3 Å². The van der Waals surface area contributed by atoms with Crippen LogP contribution in [0.5, 0.6) is 5.75 Å². The summed E-state index contributed by atoms with van der Waals surface area (Å²) in [6.07, 6.45) is 6.43. The lowest BCUT2D eigenvalue weighted by molar-refractivity contribution is -0.134. The number of aliphatic imine (C=N–C) groups is 1. The van der Waals surface area contributed by atoms with E-state index in [2.05, 4.69) is 34.6 Å². The zero-order valence-electron chi connectivity index (χ0n) is 17.2. The maximum atomic E-state index is 12.6. The molecule has 1 saturated carbocycles. The van der Waals surface area contributed by atoms with Gasteiger partial charge in [-0.2, -0.15) is 0 Å². The van der Waals surface area contributed by atoms with Crippen molar-refractivity contribution in [1.82, 2.24) is 15.5 Å². The molecule has 1 atom stereocenters. The van der Waals surface area contributed by atoms with E-state index in [9.17, 15) is 4.79 Å². The Kier molecular flexibility index (Phi) is 7.57. The van der Waals surface area contributed by atoms with E-state index in [-0.39, 0.29) is 12.0 Å². The fraction of sp³-hybridized carbons (Fsp3) is 0.636. The minimum absolute atomic E-state index is 0.269. The van der Waals surface area contributed by atoms with Crippen molar-refractivity contribution >= 4 is 11.9 Å². The summed E-state index contributed by atoms with van der Waals surface area (Å²) >= 11 is 0. The molecule has 1 unspecified atom stereocenters. The number of nitrogens with one attached hydrogen (secondary N) is 2. The maximum Gasteiger partial charge on any atom is 0.225 e. The molecule has 6 heteroatoms. The van der Waals surface area contributed by atoms with Gasteiger partial charge < -0.3 is 20.3 Å². The predicted molar refractivity (Wildman–Crippen MR) is 113 cm³/mol. The van der Waals surface area contributed by atoms with Crippen molar-refractivity contribution in [2.45, 2.75) is 51.5 Å². The molecule has 0 spiro atoms. The van der Waals surface area contributed by atoms with E-state index in [0.29, 0.717) is 5.91 Å². The van der Waals surface area contributed by atoms with Crippen LogP contribution in [0, 0.1) is 5.92 Å². The van der Waals surface area contributed by atoms with Crippen LogP contribution in [0.1, 0.15) is 44.6 Å². The lowest BCUT2D eigenvalue weighted by Gasteiger charge is -2.21. The Balaban J connectivity index is 1.48. The number of methoxy groups -OCH3 is 1. The van der Waals surface area contributed by atoms with Crippen molar-refractivity contribution in [2.24, 2.45) is 10.9 Å². The molecule has 2 N–H and O–H groups in total. The molecule has 2 fully saturated rings. The number of carbonyl (C=O) groups excluding carboxylic acids is 1. The summed E-state index contributed by atoms with van der Waals surface area (Å²) in [5.74, 6) is 2.35. The van der Waals surface area contributed by atoms with Gasteiger partial charge in [-0.1, -0.05) is 25.0 Å². The number of nitrogens with zero attached hydrogens (tertiary/aromatic N) is 2. The van der Waals surface area contributed by atoms with Gasteiger partial charge in [-0.25, -0.2) is 0 Å². The highest BCUT2D eigenvalue weighted by molar-refractivity contribution is 5.81. The molecule has 0 aromatic heterocycles. The SMILES string of the molecule is CCNC(=NCCc1ccc(OC)cc1)NC1CCN(C(=O)C2CCCC2)C1. The van der Waals surface area contributed by atoms with Crippen molar-refractivity contribution in [2.75, 3.05) is 33.3 Å². The molecule has 154 valence electrons. The first kappa shape index (κ1) is 20.5. The molecule has 6 nitrogen and oxygen atoms in total. The Bertz CT molecular complexity index is 653. The van der Waals surface area contributed by atoms with Crippen LogP contribution in [0.2, 0.25) is 0 Å². The summed E-state index contributed by atoms with van der Waals surface area (Å²) in [4.78, 5) is 19.4. The van der Waals surface area contributed by atoms with Crippen molar-refractivity contribution < 1.29 is 9.53 Å². The summed E-state index contributed by atoms with van der Waals surface area (Å²) in [7, 11) is 1.68. The van der Waals surface area contributed by atoms with Crippen molar-refractivity contribution in [3.05, 3.63) is 29.8 Å². The Morgan fingerprint density at radius 2 is 1.96 bits per heavy atom. The van der Waals surface area contributed by atoms with Gasteiger partial charge in [-0.15, -0.1) is 0 Å². The normalized spacial score (nSPS) is 20.4. The molecule has 1 amide bonds. The van der Waals surface area contributed by atoms with Crippen LogP contribution in [0.4, 0.5) is 0 Å². The summed E-state index contributed by atoms with van der Waals surface area (Å²) < 4.78 is 5.20. The van der Waals surface area contributed by atoms with Gasteiger partial charge in [-0.3, -0.25) is 9.79 Å². The third kappa shape index (κ3) is 5.63. The van der Waals surface area contributed by atoms with Gasteiger partial charge in [0.05, 0.1) is 7.11 Å². The predicted octanol–water partition coefficient (Wildman–Crippen LogP) is 2.58. The van der Waals surface area contributed by atoms with Crippen LogP contribution >= 0.6 is 0 Å². The number of hydrogen-bond donors (Lipinski definition) is 2. The lowest BCUT2D eigenvalue weighted by atomic mass is 10.1. The summed E-state index contributed by atoms with van der Waals surface area (Å²) in [6, 6.07) is 8.41. The highest BCUT2D eigenvalue weighted by atomic mass is 16.5. The Hall–Kier alpha value is -2.24. The molecule has 1 aromatic rings. The Morgan fingerprint density at radius 3 is 2.64 bits per heavy atom. The molecular formula is C22H34N4O2. The monoisotopic (exact) mass is 386 g/mol. The fourth-order valence-corrected chi connectivity index (χ4v) is 4.11. The van der Waals surface area contributed by atoms with Gasteiger partial charge in [0, 0.05) is 38.1 Å². The number of hydrogen-bond acceptors (Lipinski definition) is 3. The number of rotatable bonds is 7. The molecule has 0 bridgehead atoms. The largest absolute Gasteiger partial charge is 0.497 e. The van der Waals surface area contributed by atoms with Gasteiger partial charge >= 0.3 is 0 Å². The zero-order valence-corrected chi connectivity index (χ0v) is 17.2. The quantitative estimate of drug-likeness (QED) is 0.558. The van der Waals surface area contributed by atoms with Gasteiger partial charge in [0.25, 0.3) is 0 Å². The molecule has 0 radical (unpaired) electrons. The number of carbonyl (C=O) groups is 1. The van der Waals surface area contributed by atoms with E-state index in [1.54, 1.807) is 7.11 Å². The van der Waals surface area contributed by atoms with Gasteiger partial charge in [0.2, 0.25) is 5.91 Å². The number of ether oxygens (including phenoxy) is 1. The van der Waals surface area contributed by atoms with E-state index in [1.807, 2.05) is 12.1 Å². The second-order valence-corrected chi connectivity index (χ2v) is 7.75. The third-order valence-corrected chi connectivity index (χ3v) is 5.72. The molecule has 28 heavy (non-hydrogen) atoms. The number of likely N-dealkylation sites (tertiary alicyclic amines) is 1. The molecule has 3 rings (SSSR count). The van der Waals surface area contributed by atoms with Crippen molar-refractivity contribution in [1.29, 1.82) is 0 Å². The van der Waals surface area contributed by atoms with Crippen molar-refractivity contribution in [3.8, 4) is 5.75 Å². The second-order valence-electron chi connectivity index (χ2n) is 7.75. The fourth-order valence-electron chi connectivity index (χ4n) is 4.11. The average Bonchev–Trinajstić information content (AvgIpc) is 3.40. The smallest absolute Gasteiger partial charge is 0.225 e. The van der Waals surface area contributed by atoms with Crippen LogP contribution in [0.3, 0.4) is 0 Å². The molecule has 2 aliphatic rings. The first-order valence-corrected chi connectivity index (χ1v) is 10.7. The molecular weight excluding hydrogens is 352 g/mol. The highest BCUT2D eigenvalue weighted by Gasteiger charge is 2.32. The Morgan fingerprint density at radius 1 is 1.21 bits per heavy atom. The Labute approximate surface area is 168 Å². The minimum Gasteiger partial charge on any atom is -0.497 e. The summed E-state index contributed by atoms with van der Waals surface area (Å²) in [5.41, 5.74) is 1.25. The molecule has 1 aliphatic heterocycles.